The lowest BCUT2D eigenvalue weighted by atomic mass is 9.85. The van der Waals surface area contributed by atoms with Crippen LogP contribution in [0.4, 0.5) is 0 Å². The molecule has 2 N–H and O–H groups in total. The standard InChI is InChI=1S/C15H30N2O/c1-4-6-11-17(12(3)5-2)15(18)13-7-9-14(16)10-8-13/h12-14H,4-11,16H2,1-3H3. The van der Waals surface area contributed by atoms with Crippen LogP contribution in [0.3, 0.4) is 0 Å². The third-order valence-electron chi connectivity index (χ3n) is 4.28. The highest BCUT2D eigenvalue weighted by Gasteiger charge is 2.29. The van der Waals surface area contributed by atoms with Gasteiger partial charge in [0.1, 0.15) is 0 Å². The minimum Gasteiger partial charge on any atom is -0.340 e. The molecule has 1 unspecified atom stereocenters. The number of amides is 1. The van der Waals surface area contributed by atoms with Crippen LogP contribution in [0.2, 0.25) is 0 Å². The van der Waals surface area contributed by atoms with Gasteiger partial charge in [-0.25, -0.2) is 0 Å². The van der Waals surface area contributed by atoms with E-state index >= 15 is 0 Å². The van der Waals surface area contributed by atoms with E-state index in [4.69, 9.17) is 5.73 Å². The molecule has 1 saturated carbocycles. The van der Waals surface area contributed by atoms with E-state index in [0.29, 0.717) is 18.0 Å². The smallest absolute Gasteiger partial charge is 0.225 e. The molecule has 106 valence electrons. The quantitative estimate of drug-likeness (QED) is 0.792. The van der Waals surface area contributed by atoms with Gasteiger partial charge in [0.05, 0.1) is 0 Å². The molecule has 0 aliphatic heterocycles. The summed E-state index contributed by atoms with van der Waals surface area (Å²) in [4.78, 5) is 14.7. The minimum absolute atomic E-state index is 0.232. The summed E-state index contributed by atoms with van der Waals surface area (Å²) in [5.41, 5.74) is 5.91. The first-order valence-corrected chi connectivity index (χ1v) is 7.66. The van der Waals surface area contributed by atoms with Crippen molar-refractivity contribution in [2.45, 2.75) is 77.8 Å². The van der Waals surface area contributed by atoms with Gasteiger partial charge in [-0.2, -0.15) is 0 Å². The molecule has 0 aromatic carbocycles. The summed E-state index contributed by atoms with van der Waals surface area (Å²) >= 11 is 0. The van der Waals surface area contributed by atoms with Crippen molar-refractivity contribution in [2.75, 3.05) is 6.54 Å². The maximum atomic E-state index is 12.6. The number of hydrogen-bond acceptors (Lipinski definition) is 2. The Kier molecular flexibility index (Phi) is 6.69. The molecular weight excluding hydrogens is 224 g/mol. The number of nitrogens with zero attached hydrogens (tertiary/aromatic N) is 1. The van der Waals surface area contributed by atoms with Gasteiger partial charge in [0.2, 0.25) is 5.91 Å². The lowest BCUT2D eigenvalue weighted by Gasteiger charge is -2.34. The van der Waals surface area contributed by atoms with Crippen LogP contribution in [0.5, 0.6) is 0 Å². The van der Waals surface area contributed by atoms with E-state index in [2.05, 4.69) is 25.7 Å². The fourth-order valence-corrected chi connectivity index (χ4v) is 2.70. The van der Waals surface area contributed by atoms with Crippen LogP contribution in [0.15, 0.2) is 0 Å². The van der Waals surface area contributed by atoms with Gasteiger partial charge in [-0.3, -0.25) is 4.79 Å². The van der Waals surface area contributed by atoms with Crippen LogP contribution >= 0.6 is 0 Å². The highest BCUT2D eigenvalue weighted by molar-refractivity contribution is 5.79. The molecule has 0 aromatic rings. The fraction of sp³-hybridized carbons (Fsp3) is 0.933. The van der Waals surface area contributed by atoms with Crippen LogP contribution in [-0.2, 0) is 4.79 Å². The van der Waals surface area contributed by atoms with Crippen molar-refractivity contribution < 1.29 is 4.79 Å². The second-order valence-electron chi connectivity index (χ2n) is 5.75. The molecule has 0 spiro atoms. The van der Waals surface area contributed by atoms with Crippen molar-refractivity contribution in [1.29, 1.82) is 0 Å². The highest BCUT2D eigenvalue weighted by Crippen LogP contribution is 2.26. The molecular formula is C15H30N2O. The first-order valence-electron chi connectivity index (χ1n) is 7.66. The molecule has 1 atom stereocenters. The monoisotopic (exact) mass is 254 g/mol. The average Bonchev–Trinajstić information content (AvgIpc) is 2.39. The number of rotatable bonds is 6. The van der Waals surface area contributed by atoms with E-state index in [1.54, 1.807) is 0 Å². The molecule has 1 fully saturated rings. The van der Waals surface area contributed by atoms with Crippen molar-refractivity contribution in [3.05, 3.63) is 0 Å². The van der Waals surface area contributed by atoms with Crippen LogP contribution in [0, 0.1) is 5.92 Å². The Bertz CT molecular complexity index is 247. The molecule has 3 nitrogen and oxygen atoms in total. The number of carbonyl (C=O) groups is 1. The summed E-state index contributed by atoms with van der Waals surface area (Å²) < 4.78 is 0. The first kappa shape index (κ1) is 15.5. The van der Waals surface area contributed by atoms with E-state index in [0.717, 1.165) is 51.5 Å². The van der Waals surface area contributed by atoms with Crippen molar-refractivity contribution in [3.8, 4) is 0 Å². The zero-order valence-corrected chi connectivity index (χ0v) is 12.3. The van der Waals surface area contributed by atoms with Gasteiger partial charge in [-0.1, -0.05) is 20.3 Å². The third kappa shape index (κ3) is 4.27. The summed E-state index contributed by atoms with van der Waals surface area (Å²) in [6.45, 7) is 7.43. The highest BCUT2D eigenvalue weighted by atomic mass is 16.2. The van der Waals surface area contributed by atoms with Crippen LogP contribution in [0.25, 0.3) is 0 Å². The summed E-state index contributed by atoms with van der Waals surface area (Å²) in [6, 6.07) is 0.696. The summed E-state index contributed by atoms with van der Waals surface area (Å²) in [5.74, 6) is 0.611. The summed E-state index contributed by atoms with van der Waals surface area (Å²) in [7, 11) is 0. The zero-order chi connectivity index (χ0) is 13.5. The van der Waals surface area contributed by atoms with Gasteiger partial charge in [-0.05, 0) is 45.4 Å². The van der Waals surface area contributed by atoms with E-state index in [9.17, 15) is 4.79 Å². The molecule has 0 bridgehead atoms. The molecule has 18 heavy (non-hydrogen) atoms. The lowest BCUT2D eigenvalue weighted by molar-refractivity contribution is -0.138. The maximum absolute atomic E-state index is 12.6. The van der Waals surface area contributed by atoms with Gasteiger partial charge in [-0.15, -0.1) is 0 Å². The van der Waals surface area contributed by atoms with Gasteiger partial charge in [0.25, 0.3) is 0 Å². The van der Waals surface area contributed by atoms with E-state index in [1.807, 2.05) is 0 Å². The van der Waals surface area contributed by atoms with Crippen molar-refractivity contribution in [2.24, 2.45) is 11.7 Å². The SMILES string of the molecule is CCCCN(C(=O)C1CCC(N)CC1)C(C)CC. The lowest BCUT2D eigenvalue weighted by Crippen LogP contribution is -2.44. The number of unbranched alkanes of at least 4 members (excludes halogenated alkanes) is 1. The Morgan fingerprint density at radius 3 is 2.39 bits per heavy atom. The molecule has 1 rings (SSSR count). The second kappa shape index (κ2) is 7.78. The Labute approximate surface area is 112 Å². The van der Waals surface area contributed by atoms with Crippen LogP contribution in [-0.4, -0.2) is 29.4 Å². The normalized spacial score (nSPS) is 25.8. The Balaban J connectivity index is 2.57. The minimum atomic E-state index is 0.232. The molecule has 3 heteroatoms. The summed E-state index contributed by atoms with van der Waals surface area (Å²) in [6.07, 6.45) is 7.30. The number of nitrogens with two attached hydrogens (primary N) is 1. The van der Waals surface area contributed by atoms with Gasteiger partial charge in [0.15, 0.2) is 0 Å². The largest absolute Gasteiger partial charge is 0.340 e. The van der Waals surface area contributed by atoms with Crippen LogP contribution in [0.1, 0.15) is 65.7 Å². The third-order valence-corrected chi connectivity index (χ3v) is 4.28. The molecule has 0 radical (unpaired) electrons. The zero-order valence-electron chi connectivity index (χ0n) is 12.3. The van der Waals surface area contributed by atoms with Gasteiger partial charge in [0, 0.05) is 24.5 Å². The van der Waals surface area contributed by atoms with Crippen LogP contribution < -0.4 is 5.73 Å². The predicted molar refractivity (Wildman–Crippen MR) is 76.3 cm³/mol. The average molecular weight is 254 g/mol. The summed E-state index contributed by atoms with van der Waals surface area (Å²) in [5, 5.41) is 0. The molecule has 1 amide bonds. The van der Waals surface area contributed by atoms with Crippen molar-refractivity contribution in [1.82, 2.24) is 4.90 Å². The van der Waals surface area contributed by atoms with Gasteiger partial charge < -0.3 is 10.6 Å². The van der Waals surface area contributed by atoms with E-state index in [1.165, 1.54) is 0 Å². The van der Waals surface area contributed by atoms with E-state index in [-0.39, 0.29) is 5.92 Å². The number of carbonyl (C=O) groups excluding carboxylic acids is 1. The Morgan fingerprint density at radius 1 is 1.28 bits per heavy atom. The van der Waals surface area contributed by atoms with Gasteiger partial charge >= 0.3 is 0 Å². The van der Waals surface area contributed by atoms with Crippen molar-refractivity contribution >= 4 is 5.91 Å². The first-order chi connectivity index (χ1) is 8.60. The Morgan fingerprint density at radius 2 is 1.89 bits per heavy atom. The molecule has 1 aliphatic rings. The van der Waals surface area contributed by atoms with E-state index < -0.39 is 0 Å². The predicted octanol–water partition coefficient (Wildman–Crippen LogP) is 2.93. The topological polar surface area (TPSA) is 46.3 Å². The second-order valence-corrected chi connectivity index (χ2v) is 5.75. The van der Waals surface area contributed by atoms with Crippen molar-refractivity contribution in [3.63, 3.8) is 0 Å². The molecule has 1 aliphatic carbocycles. The maximum Gasteiger partial charge on any atom is 0.225 e. The molecule has 0 aromatic heterocycles. The number of hydrogen-bond donors (Lipinski definition) is 1. The Hall–Kier alpha value is -0.570. The fourth-order valence-electron chi connectivity index (χ4n) is 2.70. The molecule has 0 heterocycles. The molecule has 0 saturated heterocycles.